The van der Waals surface area contributed by atoms with Gasteiger partial charge in [-0.3, -0.25) is 10.1 Å². The third kappa shape index (κ3) is 2.48. The maximum atomic E-state index is 10.4. The lowest BCUT2D eigenvalue weighted by Crippen LogP contribution is -1.86. The minimum Gasteiger partial charge on any atom is -0.401 e. The van der Waals surface area contributed by atoms with Crippen LogP contribution in [-0.4, -0.2) is 22.1 Å². The second kappa shape index (κ2) is 4.47. The molecule has 0 aliphatic rings. The van der Waals surface area contributed by atoms with E-state index in [1.165, 1.54) is 24.3 Å². The van der Waals surface area contributed by atoms with Gasteiger partial charge in [0.1, 0.15) is 10.7 Å². The molecule has 0 atom stereocenters. The fourth-order valence-corrected chi connectivity index (χ4v) is 1.09. The summed E-state index contributed by atoms with van der Waals surface area (Å²) in [4.78, 5) is 13.7. The van der Waals surface area contributed by atoms with Gasteiger partial charge in [0.25, 0.3) is 0 Å². The first-order valence-electron chi connectivity index (χ1n) is 4.63. The molecule has 2 heterocycles. The van der Waals surface area contributed by atoms with Crippen LogP contribution in [0, 0.1) is 10.1 Å². The van der Waals surface area contributed by atoms with Crippen LogP contribution in [0.3, 0.4) is 0 Å². The molecule has 2 aromatic rings. The van der Waals surface area contributed by atoms with Gasteiger partial charge in [0.05, 0.1) is 6.07 Å². The third-order valence-corrected chi connectivity index (χ3v) is 1.84. The molecule has 0 aliphatic heterocycles. The highest BCUT2D eigenvalue weighted by Gasteiger charge is 2.10. The Bertz CT molecular complexity index is 557. The summed E-state index contributed by atoms with van der Waals surface area (Å²) >= 11 is 0. The highest BCUT2D eigenvalue weighted by molar-refractivity contribution is 5.64. The van der Waals surface area contributed by atoms with Crippen molar-refractivity contribution in [3.05, 3.63) is 33.8 Å². The SMILES string of the molecule is CNc1nc(/C=C/c2ccc([N+](=O)[O-])o2)no1. The molecule has 17 heavy (non-hydrogen) atoms. The van der Waals surface area contributed by atoms with Gasteiger partial charge >= 0.3 is 11.9 Å². The zero-order valence-electron chi connectivity index (χ0n) is 8.78. The number of furan rings is 1. The van der Waals surface area contributed by atoms with Gasteiger partial charge in [-0.25, -0.2) is 0 Å². The number of nitrogens with one attached hydrogen (secondary N) is 1. The highest BCUT2D eigenvalue weighted by Crippen LogP contribution is 2.17. The van der Waals surface area contributed by atoms with Crippen molar-refractivity contribution in [2.45, 2.75) is 0 Å². The van der Waals surface area contributed by atoms with E-state index in [-0.39, 0.29) is 11.9 Å². The normalized spacial score (nSPS) is 10.9. The molecular weight excluding hydrogens is 228 g/mol. The van der Waals surface area contributed by atoms with Gasteiger partial charge in [-0.05, 0) is 18.2 Å². The van der Waals surface area contributed by atoms with Crippen LogP contribution in [0.15, 0.2) is 21.1 Å². The van der Waals surface area contributed by atoms with Crippen molar-refractivity contribution in [3.8, 4) is 0 Å². The number of aromatic nitrogens is 2. The Labute approximate surface area is 95.1 Å². The van der Waals surface area contributed by atoms with Crippen LogP contribution in [-0.2, 0) is 0 Å². The van der Waals surface area contributed by atoms with Gasteiger partial charge < -0.3 is 14.3 Å². The molecule has 2 aromatic heterocycles. The first kappa shape index (κ1) is 10.9. The van der Waals surface area contributed by atoms with Gasteiger partial charge in [-0.1, -0.05) is 5.16 Å². The quantitative estimate of drug-likeness (QED) is 0.636. The Morgan fingerprint density at radius 3 is 2.88 bits per heavy atom. The van der Waals surface area contributed by atoms with Gasteiger partial charge in [-0.2, -0.15) is 4.98 Å². The molecule has 1 N–H and O–H groups in total. The van der Waals surface area contributed by atoms with Crippen LogP contribution in [0.4, 0.5) is 11.9 Å². The molecular formula is C9H8N4O4. The fourth-order valence-electron chi connectivity index (χ4n) is 1.09. The van der Waals surface area contributed by atoms with Crippen LogP contribution in [0.5, 0.6) is 0 Å². The number of nitrogens with zero attached hydrogens (tertiary/aromatic N) is 3. The Morgan fingerprint density at radius 2 is 2.29 bits per heavy atom. The zero-order valence-corrected chi connectivity index (χ0v) is 8.78. The number of rotatable bonds is 4. The minimum absolute atomic E-state index is 0.287. The smallest absolute Gasteiger partial charge is 0.401 e. The maximum absolute atomic E-state index is 10.4. The van der Waals surface area contributed by atoms with Crippen LogP contribution in [0.25, 0.3) is 12.2 Å². The zero-order chi connectivity index (χ0) is 12.3. The lowest BCUT2D eigenvalue weighted by Gasteiger charge is -1.83. The number of nitro groups is 1. The topological polar surface area (TPSA) is 107 Å². The van der Waals surface area contributed by atoms with Crippen molar-refractivity contribution < 1.29 is 13.9 Å². The van der Waals surface area contributed by atoms with E-state index in [2.05, 4.69) is 15.5 Å². The summed E-state index contributed by atoms with van der Waals surface area (Å²) in [6, 6.07) is 3.04. The van der Waals surface area contributed by atoms with E-state index >= 15 is 0 Å². The fraction of sp³-hybridized carbons (Fsp3) is 0.111. The molecule has 0 aromatic carbocycles. The van der Waals surface area contributed by atoms with Crippen molar-refractivity contribution in [3.63, 3.8) is 0 Å². The van der Waals surface area contributed by atoms with E-state index < -0.39 is 4.92 Å². The van der Waals surface area contributed by atoms with Gasteiger partial charge in [-0.15, -0.1) is 0 Å². The van der Waals surface area contributed by atoms with Gasteiger partial charge in [0.15, 0.2) is 5.82 Å². The van der Waals surface area contributed by atoms with Gasteiger partial charge in [0, 0.05) is 7.05 Å². The molecule has 0 fully saturated rings. The predicted molar refractivity (Wildman–Crippen MR) is 58.1 cm³/mol. The maximum Gasteiger partial charge on any atom is 0.433 e. The molecule has 0 amide bonds. The highest BCUT2D eigenvalue weighted by atomic mass is 16.6. The first-order chi connectivity index (χ1) is 8.19. The molecule has 0 bridgehead atoms. The Kier molecular flexibility index (Phi) is 2.86. The predicted octanol–water partition coefficient (Wildman–Crippen LogP) is 1.78. The molecule has 8 nitrogen and oxygen atoms in total. The summed E-state index contributed by atoms with van der Waals surface area (Å²) in [5.41, 5.74) is 0. The van der Waals surface area contributed by atoms with Crippen LogP contribution < -0.4 is 5.32 Å². The summed E-state index contributed by atoms with van der Waals surface area (Å²) in [5.74, 6) is 0.370. The van der Waals surface area contributed by atoms with Crippen LogP contribution in [0.2, 0.25) is 0 Å². The number of hydrogen-bond acceptors (Lipinski definition) is 7. The van der Waals surface area contributed by atoms with Crippen molar-refractivity contribution in [1.29, 1.82) is 0 Å². The Hall–Kier alpha value is -2.64. The molecule has 0 saturated carbocycles. The number of hydrogen-bond donors (Lipinski definition) is 1. The Morgan fingerprint density at radius 1 is 1.47 bits per heavy atom. The molecule has 88 valence electrons. The van der Waals surface area contributed by atoms with Crippen LogP contribution >= 0.6 is 0 Å². The van der Waals surface area contributed by atoms with Crippen molar-refractivity contribution in [2.75, 3.05) is 12.4 Å². The van der Waals surface area contributed by atoms with E-state index in [9.17, 15) is 10.1 Å². The third-order valence-electron chi connectivity index (χ3n) is 1.84. The summed E-state index contributed by atoms with van der Waals surface area (Å²) in [6.45, 7) is 0. The second-order valence-corrected chi connectivity index (χ2v) is 2.97. The van der Waals surface area contributed by atoms with Crippen molar-refractivity contribution in [2.24, 2.45) is 0 Å². The molecule has 0 unspecified atom stereocenters. The summed E-state index contributed by atoms with van der Waals surface area (Å²) in [6.07, 6.45) is 3.03. The largest absolute Gasteiger partial charge is 0.433 e. The standard InChI is InChI=1S/C9H8N4O4/c1-10-9-11-7(12-17-9)4-2-6-3-5-8(16-6)13(14)15/h2-5H,1H3,(H,10,11,12)/b4-2+. The first-order valence-corrected chi connectivity index (χ1v) is 4.63. The molecule has 0 saturated heterocycles. The average molecular weight is 236 g/mol. The van der Waals surface area contributed by atoms with E-state index in [4.69, 9.17) is 8.94 Å². The Balaban J connectivity index is 2.11. The minimum atomic E-state index is -0.606. The average Bonchev–Trinajstić information content (AvgIpc) is 2.95. The summed E-state index contributed by atoms with van der Waals surface area (Å²) in [7, 11) is 1.65. The van der Waals surface area contributed by atoms with E-state index in [1.54, 1.807) is 7.05 Å². The second-order valence-electron chi connectivity index (χ2n) is 2.97. The van der Waals surface area contributed by atoms with E-state index in [0.29, 0.717) is 11.6 Å². The molecule has 0 radical (unpaired) electrons. The van der Waals surface area contributed by atoms with Crippen LogP contribution in [0.1, 0.15) is 11.6 Å². The van der Waals surface area contributed by atoms with Crippen molar-refractivity contribution in [1.82, 2.24) is 10.1 Å². The van der Waals surface area contributed by atoms with E-state index in [0.717, 1.165) is 0 Å². The van der Waals surface area contributed by atoms with E-state index in [1.807, 2.05) is 0 Å². The van der Waals surface area contributed by atoms with Gasteiger partial charge in [0.2, 0.25) is 0 Å². The van der Waals surface area contributed by atoms with Crippen molar-refractivity contribution >= 4 is 24.1 Å². The molecule has 8 heteroatoms. The number of anilines is 1. The summed E-state index contributed by atoms with van der Waals surface area (Å²) < 4.78 is 9.70. The molecule has 0 aliphatic carbocycles. The molecule has 0 spiro atoms. The summed E-state index contributed by atoms with van der Waals surface area (Å²) in [5, 5.41) is 16.7. The molecule has 2 rings (SSSR count). The lowest BCUT2D eigenvalue weighted by molar-refractivity contribution is -0.402. The lowest BCUT2D eigenvalue weighted by atomic mass is 10.4. The monoisotopic (exact) mass is 236 g/mol.